The van der Waals surface area contributed by atoms with Crippen molar-refractivity contribution < 1.29 is 0 Å². The summed E-state index contributed by atoms with van der Waals surface area (Å²) in [6.45, 7) is 4.68. The normalized spacial score (nSPS) is 11.2. The zero-order chi connectivity index (χ0) is 18.2. The van der Waals surface area contributed by atoms with Crippen molar-refractivity contribution in [2.45, 2.75) is 20.3 Å². The molecule has 0 saturated carbocycles. The van der Waals surface area contributed by atoms with Crippen LogP contribution in [0.15, 0.2) is 84.9 Å². The molecule has 0 bridgehead atoms. The van der Waals surface area contributed by atoms with Crippen LogP contribution in [0.1, 0.15) is 19.4 Å². The molecule has 2 heteroatoms. The van der Waals surface area contributed by atoms with Gasteiger partial charge in [0.05, 0.1) is 0 Å². The van der Waals surface area contributed by atoms with Gasteiger partial charge in [-0.2, -0.15) is 0 Å². The second-order valence-electron chi connectivity index (χ2n) is 6.45. The van der Waals surface area contributed by atoms with Gasteiger partial charge in [-0.05, 0) is 54.3 Å². The second kappa shape index (κ2) is 10.0. The summed E-state index contributed by atoms with van der Waals surface area (Å²) < 4.78 is 0. The van der Waals surface area contributed by atoms with Gasteiger partial charge < -0.3 is 0 Å². The number of benzene rings is 3. The molecule has 0 aliphatic carbocycles. The van der Waals surface area contributed by atoms with Gasteiger partial charge in [0.1, 0.15) is 0 Å². The molecule has 0 N–H and O–H groups in total. The third-order valence-electron chi connectivity index (χ3n) is 4.83. The average Bonchev–Trinajstić information content (AvgIpc) is 2.72. The van der Waals surface area contributed by atoms with Gasteiger partial charge in [0.25, 0.3) is 0 Å². The molecule has 0 aromatic heterocycles. The Morgan fingerprint density at radius 3 is 1.50 bits per heavy atom. The molecule has 0 spiro atoms. The predicted molar refractivity (Wildman–Crippen MR) is 122 cm³/mol. The van der Waals surface area contributed by atoms with Crippen LogP contribution in [0.3, 0.4) is 0 Å². The maximum absolute atomic E-state index is 2.36. The van der Waals surface area contributed by atoms with Crippen LogP contribution >= 0.6 is 15.8 Å². The van der Waals surface area contributed by atoms with Gasteiger partial charge in [0, 0.05) is 0 Å². The highest BCUT2D eigenvalue weighted by Gasteiger charge is 2.15. The van der Waals surface area contributed by atoms with Crippen LogP contribution in [0.5, 0.6) is 0 Å². The van der Waals surface area contributed by atoms with Gasteiger partial charge in [-0.3, -0.25) is 0 Å². The highest BCUT2D eigenvalue weighted by molar-refractivity contribution is 7.79. The Morgan fingerprint density at radius 1 is 0.577 bits per heavy atom. The first kappa shape index (κ1) is 19.3. The monoisotopic (exact) mass is 378 g/mol. The van der Waals surface area contributed by atoms with E-state index < -0.39 is 7.92 Å². The van der Waals surface area contributed by atoms with Crippen molar-refractivity contribution in [2.75, 3.05) is 18.5 Å². The lowest BCUT2D eigenvalue weighted by Gasteiger charge is -2.20. The van der Waals surface area contributed by atoms with E-state index in [1.165, 1.54) is 46.4 Å². The van der Waals surface area contributed by atoms with Crippen LogP contribution < -0.4 is 15.9 Å². The van der Waals surface area contributed by atoms with Crippen molar-refractivity contribution in [3.8, 4) is 0 Å². The quantitative estimate of drug-likeness (QED) is 0.454. The topological polar surface area (TPSA) is 0 Å². The van der Waals surface area contributed by atoms with E-state index in [1.807, 2.05) is 0 Å². The summed E-state index contributed by atoms with van der Waals surface area (Å²) in [5.74, 6) is 0. The molecule has 3 aromatic rings. The van der Waals surface area contributed by atoms with E-state index in [9.17, 15) is 0 Å². The molecule has 0 amide bonds. The Kier molecular flexibility index (Phi) is 7.43. The van der Waals surface area contributed by atoms with Crippen LogP contribution in [0, 0.1) is 0 Å². The van der Waals surface area contributed by atoms with Gasteiger partial charge >= 0.3 is 0 Å². The van der Waals surface area contributed by atoms with Crippen LogP contribution in [-0.2, 0) is 6.42 Å². The van der Waals surface area contributed by atoms with Gasteiger partial charge in [-0.25, -0.2) is 0 Å². The molecule has 0 fully saturated rings. The summed E-state index contributed by atoms with van der Waals surface area (Å²) in [4.78, 5) is 0. The van der Waals surface area contributed by atoms with Crippen molar-refractivity contribution in [1.29, 1.82) is 0 Å². The molecule has 3 rings (SSSR count). The fourth-order valence-electron chi connectivity index (χ4n) is 3.24. The highest BCUT2D eigenvalue weighted by atomic mass is 31.1. The van der Waals surface area contributed by atoms with Crippen LogP contribution in [-0.4, -0.2) is 18.5 Å². The maximum atomic E-state index is 2.36. The van der Waals surface area contributed by atoms with Gasteiger partial charge in [-0.15, -0.1) is 7.92 Å². The molecule has 0 saturated heterocycles. The Labute approximate surface area is 161 Å². The molecule has 0 radical (unpaired) electrons. The Balaban J connectivity index is 1.84. The minimum atomic E-state index is -0.482. The smallest absolute Gasteiger partial charge is 0.0134 e. The summed E-state index contributed by atoms with van der Waals surface area (Å²) in [5, 5.41) is 4.28. The van der Waals surface area contributed by atoms with Crippen molar-refractivity contribution in [3.05, 3.63) is 90.5 Å². The van der Waals surface area contributed by atoms with Crippen molar-refractivity contribution in [3.63, 3.8) is 0 Å². The lowest BCUT2D eigenvalue weighted by atomic mass is 10.2. The summed E-state index contributed by atoms with van der Waals surface area (Å²) >= 11 is 0. The average molecular weight is 378 g/mol. The third kappa shape index (κ3) is 5.03. The van der Waals surface area contributed by atoms with Crippen LogP contribution in [0.2, 0.25) is 0 Å². The first-order valence-electron chi connectivity index (χ1n) is 9.53. The summed E-state index contributed by atoms with van der Waals surface area (Å²) in [5.41, 5.74) is 1.49. The third-order valence-corrected chi connectivity index (χ3v) is 9.92. The zero-order valence-electron chi connectivity index (χ0n) is 15.8. The molecular formula is C24H28P2. The Bertz CT molecular complexity index is 723. The summed E-state index contributed by atoms with van der Waals surface area (Å²) in [6.07, 6.45) is 5.31. The van der Waals surface area contributed by atoms with Crippen molar-refractivity contribution >= 4 is 31.8 Å². The molecular weight excluding hydrogens is 350 g/mol. The van der Waals surface area contributed by atoms with E-state index in [1.54, 1.807) is 0 Å². The number of hydrogen-bond acceptors (Lipinski definition) is 0. The fraction of sp³-hybridized carbons (Fsp3) is 0.250. The lowest BCUT2D eigenvalue weighted by molar-refractivity contribution is 1.13. The Morgan fingerprint density at radius 2 is 1.04 bits per heavy atom. The van der Waals surface area contributed by atoms with E-state index in [-0.39, 0.29) is 7.92 Å². The largest absolute Gasteiger partial charge is 0.107 e. The lowest BCUT2D eigenvalue weighted by Crippen LogP contribution is -2.20. The molecule has 0 atom stereocenters. The Hall–Kier alpha value is -1.48. The molecule has 0 aliphatic heterocycles. The molecule has 0 unspecified atom stereocenters. The predicted octanol–water partition coefficient (Wildman–Crippen LogP) is 5.51. The standard InChI is InChI=1S/C24H28P2/c1-3-25(4-2)20-19-21-15-17-24(18-16-21)26(22-11-7-5-8-12-22)23-13-9-6-10-14-23/h5-18H,3-4,19-20H2,1-2H3. The molecule has 0 nitrogen and oxygen atoms in total. The first-order chi connectivity index (χ1) is 12.8. The molecule has 134 valence electrons. The second-order valence-corrected chi connectivity index (χ2v) is 11.7. The minimum Gasteiger partial charge on any atom is -0.107 e. The minimum absolute atomic E-state index is 0.232. The van der Waals surface area contributed by atoms with E-state index in [0.717, 1.165) is 0 Å². The van der Waals surface area contributed by atoms with E-state index in [4.69, 9.17) is 0 Å². The zero-order valence-corrected chi connectivity index (χ0v) is 17.6. The van der Waals surface area contributed by atoms with Gasteiger partial charge in [0.2, 0.25) is 0 Å². The molecule has 3 aromatic carbocycles. The first-order valence-corrected chi connectivity index (χ1v) is 12.8. The maximum Gasteiger partial charge on any atom is -0.0134 e. The van der Waals surface area contributed by atoms with E-state index in [2.05, 4.69) is 98.8 Å². The molecule has 0 aliphatic rings. The van der Waals surface area contributed by atoms with E-state index in [0.29, 0.717) is 0 Å². The van der Waals surface area contributed by atoms with Crippen molar-refractivity contribution in [2.24, 2.45) is 0 Å². The summed E-state index contributed by atoms with van der Waals surface area (Å²) in [6, 6.07) is 31.3. The van der Waals surface area contributed by atoms with E-state index >= 15 is 0 Å². The number of hydrogen-bond donors (Lipinski definition) is 0. The van der Waals surface area contributed by atoms with Gasteiger partial charge in [0.15, 0.2) is 0 Å². The SMILES string of the molecule is CCP(CC)CCc1ccc(P(c2ccccc2)c2ccccc2)cc1. The summed E-state index contributed by atoms with van der Waals surface area (Å²) in [7, 11) is -0.250. The molecule has 0 heterocycles. The number of aryl methyl sites for hydroxylation is 1. The molecule has 26 heavy (non-hydrogen) atoms. The van der Waals surface area contributed by atoms with Crippen molar-refractivity contribution in [1.82, 2.24) is 0 Å². The van der Waals surface area contributed by atoms with Crippen LogP contribution in [0.4, 0.5) is 0 Å². The van der Waals surface area contributed by atoms with Gasteiger partial charge in [-0.1, -0.05) is 98.8 Å². The fourth-order valence-corrected chi connectivity index (χ4v) is 7.18. The number of rotatable bonds is 8. The van der Waals surface area contributed by atoms with Crippen LogP contribution in [0.25, 0.3) is 0 Å². The highest BCUT2D eigenvalue weighted by Crippen LogP contribution is 2.35.